The predicted octanol–water partition coefficient (Wildman–Crippen LogP) is 0.626. The monoisotopic (exact) mass is 250 g/mol. The van der Waals surface area contributed by atoms with E-state index in [2.05, 4.69) is 0 Å². The summed E-state index contributed by atoms with van der Waals surface area (Å²) in [7, 11) is 2.63. The van der Waals surface area contributed by atoms with Gasteiger partial charge in [-0.3, -0.25) is 9.59 Å². The Balaban J connectivity index is 2.27. The van der Waals surface area contributed by atoms with Gasteiger partial charge in [0, 0.05) is 25.3 Å². The average Bonchev–Trinajstić information content (AvgIpc) is 2.92. The molecule has 0 bridgehead atoms. The van der Waals surface area contributed by atoms with Gasteiger partial charge in [-0.1, -0.05) is 0 Å². The van der Waals surface area contributed by atoms with Gasteiger partial charge in [0.1, 0.15) is 0 Å². The van der Waals surface area contributed by atoms with Gasteiger partial charge in [0.15, 0.2) is 11.5 Å². The molecular formula is C12H10O6. The fraction of sp³-hybridized carbons (Fsp3) is 0.333. The van der Waals surface area contributed by atoms with Gasteiger partial charge >= 0.3 is 0 Å². The van der Waals surface area contributed by atoms with Gasteiger partial charge in [0.05, 0.1) is 0 Å². The molecule has 0 saturated carbocycles. The van der Waals surface area contributed by atoms with E-state index < -0.39 is 17.4 Å². The van der Waals surface area contributed by atoms with Gasteiger partial charge in [0.2, 0.25) is 12.6 Å². The molecule has 2 aliphatic rings. The Kier molecular flexibility index (Phi) is 2.20. The molecule has 0 amide bonds. The van der Waals surface area contributed by atoms with Crippen molar-refractivity contribution in [2.75, 3.05) is 21.0 Å². The van der Waals surface area contributed by atoms with E-state index in [1.807, 2.05) is 0 Å². The van der Waals surface area contributed by atoms with Crippen LogP contribution in [0.3, 0.4) is 0 Å². The summed E-state index contributed by atoms with van der Waals surface area (Å²) in [4.78, 5) is 23.9. The first-order valence-corrected chi connectivity index (χ1v) is 5.27. The highest BCUT2D eigenvalue weighted by atomic mass is 16.7. The Labute approximate surface area is 102 Å². The van der Waals surface area contributed by atoms with Gasteiger partial charge in [-0.2, -0.15) is 0 Å². The van der Waals surface area contributed by atoms with Crippen LogP contribution in [-0.4, -0.2) is 32.6 Å². The molecule has 6 heteroatoms. The summed E-state index contributed by atoms with van der Waals surface area (Å²) in [6.45, 7) is 0.0906. The lowest BCUT2D eigenvalue weighted by atomic mass is 10.1. The van der Waals surface area contributed by atoms with Crippen LogP contribution in [0.4, 0.5) is 0 Å². The molecule has 18 heavy (non-hydrogen) atoms. The summed E-state index contributed by atoms with van der Waals surface area (Å²) in [5.74, 6) is -2.15. The lowest BCUT2D eigenvalue weighted by molar-refractivity contribution is -0.206. The molecule has 0 aromatic heterocycles. The number of carbonyl (C=O) groups excluding carboxylic acids is 2. The van der Waals surface area contributed by atoms with E-state index in [1.165, 1.54) is 20.3 Å². The molecule has 0 atom stereocenters. The largest absolute Gasteiger partial charge is 0.454 e. The molecule has 0 spiro atoms. The number of ether oxygens (including phenoxy) is 4. The van der Waals surface area contributed by atoms with Gasteiger partial charge in [-0.15, -0.1) is 0 Å². The van der Waals surface area contributed by atoms with E-state index in [0.29, 0.717) is 17.1 Å². The van der Waals surface area contributed by atoms with Crippen LogP contribution in [0.15, 0.2) is 12.1 Å². The predicted molar refractivity (Wildman–Crippen MR) is 57.6 cm³/mol. The van der Waals surface area contributed by atoms with Crippen molar-refractivity contribution in [1.82, 2.24) is 0 Å². The molecule has 6 nitrogen and oxygen atoms in total. The smallest absolute Gasteiger partial charge is 0.267 e. The van der Waals surface area contributed by atoms with Crippen molar-refractivity contribution < 1.29 is 28.5 Å². The minimum Gasteiger partial charge on any atom is -0.454 e. The third kappa shape index (κ3) is 1.13. The Hall–Kier alpha value is -1.92. The fourth-order valence-corrected chi connectivity index (χ4v) is 2.28. The van der Waals surface area contributed by atoms with E-state index in [1.54, 1.807) is 6.07 Å². The molecule has 0 unspecified atom stereocenters. The second-order valence-corrected chi connectivity index (χ2v) is 3.93. The Morgan fingerprint density at radius 1 is 1.11 bits per heavy atom. The van der Waals surface area contributed by atoms with Crippen LogP contribution in [0.2, 0.25) is 0 Å². The lowest BCUT2D eigenvalue weighted by Gasteiger charge is -2.24. The highest BCUT2D eigenvalue weighted by Gasteiger charge is 2.54. The first kappa shape index (κ1) is 11.2. The summed E-state index contributed by atoms with van der Waals surface area (Å²) in [5, 5.41) is 0. The number of rotatable bonds is 2. The molecule has 0 fully saturated rings. The summed E-state index contributed by atoms with van der Waals surface area (Å²) >= 11 is 0. The maximum Gasteiger partial charge on any atom is 0.267 e. The SMILES string of the molecule is COC1(OC)C(=O)C(=O)c2cc3c(cc21)OCO3. The van der Waals surface area contributed by atoms with E-state index >= 15 is 0 Å². The van der Waals surface area contributed by atoms with Crippen molar-refractivity contribution in [3.8, 4) is 11.5 Å². The average molecular weight is 250 g/mol. The molecule has 1 aliphatic heterocycles. The van der Waals surface area contributed by atoms with E-state index in [-0.39, 0.29) is 12.4 Å². The molecule has 0 N–H and O–H groups in total. The number of ketones is 2. The molecule has 1 aromatic rings. The van der Waals surface area contributed by atoms with Crippen LogP contribution in [0.5, 0.6) is 11.5 Å². The van der Waals surface area contributed by atoms with E-state index in [9.17, 15) is 9.59 Å². The molecular weight excluding hydrogens is 240 g/mol. The zero-order valence-corrected chi connectivity index (χ0v) is 9.81. The second-order valence-electron chi connectivity index (χ2n) is 3.93. The van der Waals surface area contributed by atoms with Crippen molar-refractivity contribution in [2.45, 2.75) is 5.79 Å². The maximum absolute atomic E-state index is 12.0. The van der Waals surface area contributed by atoms with Crippen LogP contribution in [0, 0.1) is 0 Å². The van der Waals surface area contributed by atoms with Gasteiger partial charge < -0.3 is 18.9 Å². The normalized spacial score (nSPS) is 19.2. The molecule has 0 saturated heterocycles. The highest BCUT2D eigenvalue weighted by molar-refractivity contribution is 6.49. The standard InChI is InChI=1S/C12H10O6/c1-15-12(16-2)7-4-9-8(17-5-18-9)3-6(7)10(13)11(12)14/h3-4H,5H2,1-2H3. The zero-order valence-electron chi connectivity index (χ0n) is 9.81. The number of benzene rings is 1. The number of hydrogen-bond donors (Lipinski definition) is 0. The van der Waals surface area contributed by atoms with Gasteiger partial charge in [-0.25, -0.2) is 0 Å². The Morgan fingerprint density at radius 3 is 2.33 bits per heavy atom. The van der Waals surface area contributed by atoms with Gasteiger partial charge in [-0.05, 0) is 12.1 Å². The zero-order chi connectivity index (χ0) is 12.9. The fourth-order valence-electron chi connectivity index (χ4n) is 2.28. The number of methoxy groups -OCH3 is 2. The molecule has 1 heterocycles. The number of fused-ring (bicyclic) bond motifs is 2. The Morgan fingerprint density at radius 2 is 1.72 bits per heavy atom. The molecule has 94 valence electrons. The number of Topliss-reactive ketones (excluding diaryl/α,β-unsaturated/α-hetero) is 2. The van der Waals surface area contributed by atoms with E-state index in [4.69, 9.17) is 18.9 Å². The van der Waals surface area contributed by atoms with Crippen LogP contribution in [-0.2, 0) is 20.1 Å². The minimum absolute atomic E-state index is 0.0906. The Bertz CT molecular complexity index is 558. The van der Waals surface area contributed by atoms with Crippen molar-refractivity contribution in [2.24, 2.45) is 0 Å². The van der Waals surface area contributed by atoms with Crippen LogP contribution >= 0.6 is 0 Å². The summed E-state index contributed by atoms with van der Waals surface area (Å²) in [6, 6.07) is 3.03. The maximum atomic E-state index is 12.0. The number of carbonyl (C=O) groups is 2. The third-order valence-corrected chi connectivity index (χ3v) is 3.19. The minimum atomic E-state index is -1.67. The van der Waals surface area contributed by atoms with Crippen LogP contribution < -0.4 is 9.47 Å². The number of hydrogen-bond acceptors (Lipinski definition) is 6. The van der Waals surface area contributed by atoms with E-state index in [0.717, 1.165) is 0 Å². The molecule has 1 aliphatic carbocycles. The van der Waals surface area contributed by atoms with Crippen molar-refractivity contribution in [3.63, 3.8) is 0 Å². The first-order valence-electron chi connectivity index (χ1n) is 5.27. The van der Waals surface area contributed by atoms with Crippen molar-refractivity contribution >= 4 is 11.6 Å². The van der Waals surface area contributed by atoms with Gasteiger partial charge in [0.25, 0.3) is 11.6 Å². The topological polar surface area (TPSA) is 71.1 Å². The van der Waals surface area contributed by atoms with Crippen molar-refractivity contribution in [3.05, 3.63) is 23.3 Å². The molecule has 1 aromatic carbocycles. The summed E-state index contributed by atoms with van der Waals surface area (Å²) < 4.78 is 20.7. The molecule has 3 rings (SSSR count). The summed E-state index contributed by atoms with van der Waals surface area (Å²) in [6.07, 6.45) is 0. The second kappa shape index (κ2) is 3.54. The quantitative estimate of drug-likeness (QED) is 0.566. The highest BCUT2D eigenvalue weighted by Crippen LogP contribution is 2.44. The first-order chi connectivity index (χ1) is 8.64. The van der Waals surface area contributed by atoms with Crippen molar-refractivity contribution in [1.29, 1.82) is 0 Å². The van der Waals surface area contributed by atoms with Crippen LogP contribution in [0.25, 0.3) is 0 Å². The third-order valence-electron chi connectivity index (χ3n) is 3.19. The molecule has 0 radical (unpaired) electrons. The lowest BCUT2D eigenvalue weighted by Crippen LogP contribution is -2.37. The van der Waals surface area contributed by atoms with Crippen LogP contribution in [0.1, 0.15) is 15.9 Å². The summed E-state index contributed by atoms with van der Waals surface area (Å²) in [5.41, 5.74) is 0.583.